The van der Waals surface area contributed by atoms with Crippen LogP contribution in [0.1, 0.15) is 42.6 Å². The standard InChI is InChI=1S/C14H16F4O2/c1-3-5-9(2)8-20-13(19)12-10(14(16,17)18)6-4-7-11(12)15/h4,6-7,9H,3,5,8H2,1-2H3. The van der Waals surface area contributed by atoms with Crippen LogP contribution >= 0.6 is 0 Å². The van der Waals surface area contributed by atoms with Crippen molar-refractivity contribution in [2.24, 2.45) is 5.92 Å². The molecule has 0 N–H and O–H groups in total. The van der Waals surface area contributed by atoms with Gasteiger partial charge in [0.15, 0.2) is 0 Å². The zero-order valence-corrected chi connectivity index (χ0v) is 11.3. The van der Waals surface area contributed by atoms with Crippen LogP contribution in [0.25, 0.3) is 0 Å². The Morgan fingerprint density at radius 1 is 1.35 bits per heavy atom. The number of carbonyl (C=O) groups excluding carboxylic acids is 1. The maximum Gasteiger partial charge on any atom is 0.417 e. The molecule has 1 aromatic carbocycles. The van der Waals surface area contributed by atoms with Gasteiger partial charge in [0.2, 0.25) is 0 Å². The van der Waals surface area contributed by atoms with Crippen molar-refractivity contribution in [1.82, 2.24) is 0 Å². The van der Waals surface area contributed by atoms with Crippen molar-refractivity contribution >= 4 is 5.97 Å². The number of rotatable bonds is 5. The highest BCUT2D eigenvalue weighted by Gasteiger charge is 2.37. The van der Waals surface area contributed by atoms with Gasteiger partial charge in [0.25, 0.3) is 0 Å². The van der Waals surface area contributed by atoms with E-state index in [9.17, 15) is 22.4 Å². The van der Waals surface area contributed by atoms with E-state index in [0.29, 0.717) is 6.07 Å². The van der Waals surface area contributed by atoms with Crippen molar-refractivity contribution in [2.75, 3.05) is 6.61 Å². The molecule has 0 heterocycles. The van der Waals surface area contributed by atoms with Gasteiger partial charge in [-0.05, 0) is 24.5 Å². The highest BCUT2D eigenvalue weighted by molar-refractivity contribution is 5.91. The van der Waals surface area contributed by atoms with Crippen LogP contribution in [-0.2, 0) is 10.9 Å². The molecule has 1 rings (SSSR count). The summed E-state index contributed by atoms with van der Waals surface area (Å²) in [5.41, 5.74) is -2.37. The summed E-state index contributed by atoms with van der Waals surface area (Å²) in [5.74, 6) is -2.49. The maximum atomic E-state index is 13.5. The predicted octanol–water partition coefficient (Wildman–Crippen LogP) is 4.44. The van der Waals surface area contributed by atoms with Crippen LogP contribution in [0, 0.1) is 11.7 Å². The summed E-state index contributed by atoms with van der Waals surface area (Å²) in [4.78, 5) is 11.7. The molecule has 6 heteroatoms. The Hall–Kier alpha value is -1.59. The highest BCUT2D eigenvalue weighted by atomic mass is 19.4. The lowest BCUT2D eigenvalue weighted by atomic mass is 10.1. The second-order valence-corrected chi connectivity index (χ2v) is 4.65. The zero-order valence-electron chi connectivity index (χ0n) is 11.3. The Bertz CT molecular complexity index is 469. The van der Waals surface area contributed by atoms with E-state index >= 15 is 0 Å². The van der Waals surface area contributed by atoms with Gasteiger partial charge < -0.3 is 4.74 Å². The Morgan fingerprint density at radius 3 is 2.55 bits per heavy atom. The third-order valence-corrected chi connectivity index (χ3v) is 2.80. The summed E-state index contributed by atoms with van der Waals surface area (Å²) in [6, 6.07) is 2.38. The first kappa shape index (κ1) is 16.5. The molecule has 0 aliphatic carbocycles. The van der Waals surface area contributed by atoms with Crippen LogP contribution < -0.4 is 0 Å². The number of carbonyl (C=O) groups is 1. The van der Waals surface area contributed by atoms with Gasteiger partial charge in [0.1, 0.15) is 11.4 Å². The largest absolute Gasteiger partial charge is 0.462 e. The van der Waals surface area contributed by atoms with Gasteiger partial charge in [-0.15, -0.1) is 0 Å². The third kappa shape index (κ3) is 4.21. The molecule has 0 spiro atoms. The van der Waals surface area contributed by atoms with E-state index in [1.54, 1.807) is 0 Å². The van der Waals surface area contributed by atoms with Crippen molar-refractivity contribution in [2.45, 2.75) is 32.9 Å². The Labute approximate surface area is 114 Å². The third-order valence-electron chi connectivity index (χ3n) is 2.80. The number of alkyl halides is 3. The summed E-state index contributed by atoms with van der Waals surface area (Å²) in [7, 11) is 0. The zero-order chi connectivity index (χ0) is 15.3. The average Bonchev–Trinajstić information content (AvgIpc) is 2.35. The molecule has 1 atom stereocenters. The van der Waals surface area contributed by atoms with Gasteiger partial charge >= 0.3 is 12.1 Å². The maximum absolute atomic E-state index is 13.5. The van der Waals surface area contributed by atoms with Crippen molar-refractivity contribution in [3.05, 3.63) is 35.1 Å². The summed E-state index contributed by atoms with van der Waals surface area (Å²) >= 11 is 0. The molecule has 0 amide bonds. The lowest BCUT2D eigenvalue weighted by molar-refractivity contribution is -0.138. The molecule has 0 radical (unpaired) electrons. The molecule has 20 heavy (non-hydrogen) atoms. The van der Waals surface area contributed by atoms with Crippen LogP contribution in [0.15, 0.2) is 18.2 Å². The van der Waals surface area contributed by atoms with Crippen LogP contribution in [0.3, 0.4) is 0 Å². The smallest absolute Gasteiger partial charge is 0.417 e. The van der Waals surface area contributed by atoms with Crippen LogP contribution in [0.2, 0.25) is 0 Å². The molecule has 0 aliphatic rings. The Morgan fingerprint density at radius 2 is 2.00 bits per heavy atom. The number of hydrogen-bond donors (Lipinski definition) is 0. The van der Waals surface area contributed by atoms with E-state index in [2.05, 4.69) is 0 Å². The van der Waals surface area contributed by atoms with E-state index in [1.165, 1.54) is 0 Å². The van der Waals surface area contributed by atoms with Crippen molar-refractivity contribution in [1.29, 1.82) is 0 Å². The molecule has 1 aromatic rings. The Balaban J connectivity index is 2.93. The highest BCUT2D eigenvalue weighted by Crippen LogP contribution is 2.33. The lowest BCUT2D eigenvalue weighted by Crippen LogP contribution is -2.19. The number of benzene rings is 1. The SMILES string of the molecule is CCCC(C)COC(=O)c1c(F)cccc1C(F)(F)F. The van der Waals surface area contributed by atoms with Gasteiger partial charge in [-0.25, -0.2) is 9.18 Å². The second-order valence-electron chi connectivity index (χ2n) is 4.65. The summed E-state index contributed by atoms with van der Waals surface area (Å²) in [6.07, 6.45) is -3.16. The van der Waals surface area contributed by atoms with Crippen molar-refractivity contribution in [3.63, 3.8) is 0 Å². The minimum absolute atomic E-state index is 0.0186. The van der Waals surface area contributed by atoms with Crippen LogP contribution in [0.5, 0.6) is 0 Å². The lowest BCUT2D eigenvalue weighted by Gasteiger charge is -2.15. The molecule has 112 valence electrons. The first-order valence-electron chi connectivity index (χ1n) is 6.30. The average molecular weight is 292 g/mol. The van der Waals surface area contributed by atoms with Crippen LogP contribution in [0.4, 0.5) is 17.6 Å². The first-order valence-corrected chi connectivity index (χ1v) is 6.30. The Kier molecular flexibility index (Phi) is 5.53. The number of ether oxygens (including phenoxy) is 1. The van der Waals surface area contributed by atoms with E-state index in [0.717, 1.165) is 25.0 Å². The number of esters is 1. The van der Waals surface area contributed by atoms with Gasteiger partial charge in [-0.1, -0.05) is 26.3 Å². The molecule has 0 saturated carbocycles. The molecule has 0 fully saturated rings. The van der Waals surface area contributed by atoms with Crippen molar-refractivity contribution in [3.8, 4) is 0 Å². The molecule has 2 nitrogen and oxygen atoms in total. The molecule has 0 aromatic heterocycles. The fourth-order valence-electron chi connectivity index (χ4n) is 1.83. The minimum atomic E-state index is -4.80. The summed E-state index contributed by atoms with van der Waals surface area (Å²) < 4.78 is 56.5. The molecule has 0 aliphatic heterocycles. The first-order chi connectivity index (χ1) is 9.27. The normalized spacial score (nSPS) is 13.1. The van der Waals surface area contributed by atoms with E-state index < -0.39 is 29.1 Å². The molecular weight excluding hydrogens is 276 g/mol. The van der Waals surface area contributed by atoms with E-state index in [4.69, 9.17) is 4.74 Å². The predicted molar refractivity (Wildman–Crippen MR) is 65.8 cm³/mol. The van der Waals surface area contributed by atoms with Gasteiger partial charge in [0, 0.05) is 0 Å². The molecule has 0 saturated heterocycles. The van der Waals surface area contributed by atoms with E-state index in [1.807, 2.05) is 13.8 Å². The quantitative estimate of drug-likeness (QED) is 0.592. The fraction of sp³-hybridized carbons (Fsp3) is 0.500. The van der Waals surface area contributed by atoms with Gasteiger partial charge in [-0.2, -0.15) is 13.2 Å². The topological polar surface area (TPSA) is 26.3 Å². The minimum Gasteiger partial charge on any atom is -0.462 e. The fourth-order valence-corrected chi connectivity index (χ4v) is 1.83. The molecular formula is C14H16F4O2. The molecule has 0 bridgehead atoms. The summed E-state index contributed by atoms with van der Waals surface area (Å²) in [6.45, 7) is 3.72. The number of halogens is 4. The monoisotopic (exact) mass is 292 g/mol. The number of hydrogen-bond acceptors (Lipinski definition) is 2. The second kappa shape index (κ2) is 6.72. The van der Waals surface area contributed by atoms with Crippen LogP contribution in [-0.4, -0.2) is 12.6 Å². The van der Waals surface area contributed by atoms with E-state index in [-0.39, 0.29) is 12.5 Å². The van der Waals surface area contributed by atoms with Crippen molar-refractivity contribution < 1.29 is 27.1 Å². The van der Waals surface area contributed by atoms with Gasteiger partial charge in [-0.3, -0.25) is 0 Å². The van der Waals surface area contributed by atoms with Gasteiger partial charge in [0.05, 0.1) is 12.2 Å². The molecule has 1 unspecified atom stereocenters. The summed E-state index contributed by atoms with van der Waals surface area (Å²) in [5, 5.41) is 0.